The summed E-state index contributed by atoms with van der Waals surface area (Å²) in [5.41, 5.74) is -0.346. The Morgan fingerprint density at radius 1 is 1.05 bits per heavy atom. The molecular formula is C17H17BrN2O. The fourth-order valence-electron chi connectivity index (χ4n) is 1.87. The van der Waals surface area contributed by atoms with Gasteiger partial charge in [-0.3, -0.25) is 0 Å². The molecule has 0 spiro atoms. The van der Waals surface area contributed by atoms with Crippen molar-refractivity contribution in [3.05, 3.63) is 58.6 Å². The number of hydrogen-bond acceptors (Lipinski definition) is 3. The third-order valence-corrected chi connectivity index (χ3v) is 3.82. The summed E-state index contributed by atoms with van der Waals surface area (Å²) in [5.74, 6) is 6.04. The second-order valence-electron chi connectivity index (χ2n) is 5.84. The highest BCUT2D eigenvalue weighted by atomic mass is 79.9. The van der Waals surface area contributed by atoms with Crippen LogP contribution < -0.4 is 0 Å². The highest BCUT2D eigenvalue weighted by Crippen LogP contribution is 2.38. The van der Waals surface area contributed by atoms with Crippen LogP contribution in [0.4, 0.5) is 0 Å². The first kappa shape index (κ1) is 15.7. The molecule has 0 amide bonds. The number of rotatable bonds is 1. The van der Waals surface area contributed by atoms with Crippen molar-refractivity contribution in [2.75, 3.05) is 0 Å². The summed E-state index contributed by atoms with van der Waals surface area (Å²) in [5, 5.41) is 11.1. The molecule has 1 unspecified atom stereocenters. The van der Waals surface area contributed by atoms with E-state index in [1.807, 2.05) is 45.0 Å². The fraction of sp³-hybridized carbons (Fsp3) is 0.294. The molecule has 0 aliphatic rings. The third kappa shape index (κ3) is 3.49. The first-order chi connectivity index (χ1) is 9.83. The molecule has 0 bridgehead atoms. The maximum Gasteiger partial charge on any atom is 0.159 e. The van der Waals surface area contributed by atoms with Gasteiger partial charge in [0.05, 0.1) is 0 Å². The largest absolute Gasteiger partial charge is 0.373 e. The van der Waals surface area contributed by atoms with Crippen molar-refractivity contribution in [2.24, 2.45) is 5.41 Å². The number of nitrogens with zero attached hydrogens (tertiary/aromatic N) is 2. The molecule has 1 atom stereocenters. The molecule has 0 saturated heterocycles. The summed E-state index contributed by atoms with van der Waals surface area (Å²) < 4.78 is 0.996. The first-order valence-electron chi connectivity index (χ1n) is 6.59. The van der Waals surface area contributed by atoms with Crippen molar-refractivity contribution in [3.8, 4) is 11.8 Å². The van der Waals surface area contributed by atoms with E-state index in [0.29, 0.717) is 5.56 Å². The Bertz CT molecular complexity index is 666. The van der Waals surface area contributed by atoms with Gasteiger partial charge in [-0.1, -0.05) is 48.5 Å². The molecular weight excluding hydrogens is 328 g/mol. The topological polar surface area (TPSA) is 46.0 Å². The van der Waals surface area contributed by atoms with E-state index in [9.17, 15) is 5.11 Å². The Morgan fingerprint density at radius 3 is 2.14 bits per heavy atom. The van der Waals surface area contributed by atoms with Gasteiger partial charge >= 0.3 is 0 Å². The number of aromatic nitrogens is 2. The molecule has 1 aromatic carbocycles. The van der Waals surface area contributed by atoms with Gasteiger partial charge in [-0.2, -0.15) is 0 Å². The summed E-state index contributed by atoms with van der Waals surface area (Å²) in [7, 11) is 0. The van der Waals surface area contributed by atoms with E-state index in [0.717, 1.165) is 10.0 Å². The SMILES string of the molecule is CC(C)(C)C(O)(C#Cc1ccc(Br)cc1)c1cncnc1. The maximum absolute atomic E-state index is 11.1. The normalized spacial score (nSPS) is 14.0. The Balaban J connectivity index is 2.46. The van der Waals surface area contributed by atoms with Crippen LogP contribution in [0, 0.1) is 17.3 Å². The van der Waals surface area contributed by atoms with Gasteiger partial charge in [0, 0.05) is 33.4 Å². The van der Waals surface area contributed by atoms with Gasteiger partial charge in [-0.25, -0.2) is 9.97 Å². The molecule has 0 radical (unpaired) electrons. The van der Waals surface area contributed by atoms with Gasteiger partial charge in [0.15, 0.2) is 5.60 Å². The molecule has 0 fully saturated rings. The van der Waals surface area contributed by atoms with Gasteiger partial charge in [-0.15, -0.1) is 0 Å². The highest BCUT2D eigenvalue weighted by molar-refractivity contribution is 9.10. The van der Waals surface area contributed by atoms with Crippen LogP contribution in [0.3, 0.4) is 0 Å². The smallest absolute Gasteiger partial charge is 0.159 e. The average molecular weight is 345 g/mol. The first-order valence-corrected chi connectivity index (χ1v) is 7.39. The minimum Gasteiger partial charge on any atom is -0.373 e. The number of hydrogen-bond donors (Lipinski definition) is 1. The van der Waals surface area contributed by atoms with Gasteiger partial charge in [0.25, 0.3) is 0 Å². The average Bonchev–Trinajstić information content (AvgIpc) is 2.46. The van der Waals surface area contributed by atoms with Gasteiger partial charge in [0.1, 0.15) is 6.33 Å². The Morgan fingerprint density at radius 2 is 1.62 bits per heavy atom. The van der Waals surface area contributed by atoms with Crippen LogP contribution in [0.5, 0.6) is 0 Å². The number of aliphatic hydroxyl groups is 1. The second kappa shape index (κ2) is 5.97. The summed E-state index contributed by atoms with van der Waals surface area (Å²) in [6, 6.07) is 7.65. The lowest BCUT2D eigenvalue weighted by Gasteiger charge is -2.35. The van der Waals surface area contributed by atoms with Crippen LogP contribution in [-0.2, 0) is 5.60 Å². The molecule has 0 aliphatic carbocycles. The van der Waals surface area contributed by atoms with Crippen LogP contribution in [0.25, 0.3) is 0 Å². The molecule has 108 valence electrons. The van der Waals surface area contributed by atoms with Crippen molar-refractivity contribution < 1.29 is 5.11 Å². The van der Waals surface area contributed by atoms with Crippen molar-refractivity contribution in [1.82, 2.24) is 9.97 Å². The monoisotopic (exact) mass is 344 g/mol. The number of halogens is 1. The lowest BCUT2D eigenvalue weighted by atomic mass is 9.73. The lowest BCUT2D eigenvalue weighted by Crippen LogP contribution is -2.39. The van der Waals surface area contributed by atoms with E-state index in [1.54, 1.807) is 12.4 Å². The zero-order valence-corrected chi connectivity index (χ0v) is 13.8. The van der Waals surface area contributed by atoms with E-state index in [4.69, 9.17) is 0 Å². The third-order valence-electron chi connectivity index (χ3n) is 3.30. The van der Waals surface area contributed by atoms with E-state index < -0.39 is 11.0 Å². The Hall–Kier alpha value is -1.70. The van der Waals surface area contributed by atoms with Crippen LogP contribution in [0.15, 0.2) is 47.5 Å². The summed E-state index contributed by atoms with van der Waals surface area (Å²) in [4.78, 5) is 7.97. The molecule has 2 rings (SSSR count). The lowest BCUT2D eigenvalue weighted by molar-refractivity contribution is -0.00959. The molecule has 0 aliphatic heterocycles. The van der Waals surface area contributed by atoms with Gasteiger partial charge < -0.3 is 5.11 Å². The molecule has 1 aromatic heterocycles. The van der Waals surface area contributed by atoms with E-state index in [2.05, 4.69) is 37.7 Å². The highest BCUT2D eigenvalue weighted by Gasteiger charge is 2.40. The van der Waals surface area contributed by atoms with Crippen molar-refractivity contribution >= 4 is 15.9 Å². The predicted molar refractivity (Wildman–Crippen MR) is 86.4 cm³/mol. The maximum atomic E-state index is 11.1. The fourth-order valence-corrected chi connectivity index (χ4v) is 2.14. The van der Waals surface area contributed by atoms with Gasteiger partial charge in [-0.05, 0) is 24.3 Å². The molecule has 21 heavy (non-hydrogen) atoms. The molecule has 3 nitrogen and oxygen atoms in total. The zero-order chi connectivity index (χ0) is 15.5. The van der Waals surface area contributed by atoms with Crippen molar-refractivity contribution in [3.63, 3.8) is 0 Å². The van der Waals surface area contributed by atoms with Crippen LogP contribution in [-0.4, -0.2) is 15.1 Å². The zero-order valence-electron chi connectivity index (χ0n) is 12.3. The van der Waals surface area contributed by atoms with Gasteiger partial charge in [0.2, 0.25) is 0 Å². The molecule has 0 saturated carbocycles. The molecule has 1 N–H and O–H groups in total. The predicted octanol–water partition coefficient (Wildman–Crippen LogP) is 3.52. The molecule has 2 aromatic rings. The summed E-state index contributed by atoms with van der Waals surface area (Å²) in [6.07, 6.45) is 4.65. The Labute approximate surface area is 133 Å². The Kier molecular flexibility index (Phi) is 4.46. The van der Waals surface area contributed by atoms with Crippen LogP contribution >= 0.6 is 15.9 Å². The second-order valence-corrected chi connectivity index (χ2v) is 6.76. The minimum absolute atomic E-state index is 0.472. The quantitative estimate of drug-likeness (QED) is 0.805. The van der Waals surface area contributed by atoms with Crippen molar-refractivity contribution in [1.29, 1.82) is 0 Å². The standard InChI is InChI=1S/C17H17BrN2O/c1-16(2,3)17(21,14-10-19-12-20-11-14)9-8-13-4-6-15(18)7-5-13/h4-7,10-12,21H,1-3H3. The molecule has 1 heterocycles. The number of benzene rings is 1. The van der Waals surface area contributed by atoms with Crippen LogP contribution in [0.2, 0.25) is 0 Å². The van der Waals surface area contributed by atoms with E-state index in [-0.39, 0.29) is 0 Å². The summed E-state index contributed by atoms with van der Waals surface area (Å²) >= 11 is 3.39. The van der Waals surface area contributed by atoms with E-state index >= 15 is 0 Å². The van der Waals surface area contributed by atoms with Crippen LogP contribution in [0.1, 0.15) is 31.9 Å². The van der Waals surface area contributed by atoms with E-state index in [1.165, 1.54) is 6.33 Å². The minimum atomic E-state index is -1.32. The van der Waals surface area contributed by atoms with Crippen molar-refractivity contribution in [2.45, 2.75) is 26.4 Å². The molecule has 4 heteroatoms. The summed E-state index contributed by atoms with van der Waals surface area (Å²) in [6.45, 7) is 5.82.